The summed E-state index contributed by atoms with van der Waals surface area (Å²) in [6.07, 6.45) is 2.45. The van der Waals surface area contributed by atoms with Crippen molar-refractivity contribution in [2.45, 2.75) is 32.7 Å². The van der Waals surface area contributed by atoms with E-state index in [0.29, 0.717) is 30.8 Å². The van der Waals surface area contributed by atoms with Crippen LogP contribution in [0.15, 0.2) is 6.07 Å². The SMILES string of the molecule is CCN(CC)c1nc2sc(C(=O)N3CCC(NS(C)(=O)=O)CC3)cc2s1. The van der Waals surface area contributed by atoms with Crippen molar-refractivity contribution in [2.24, 2.45) is 0 Å². The topological polar surface area (TPSA) is 82.6 Å². The molecule has 26 heavy (non-hydrogen) atoms. The summed E-state index contributed by atoms with van der Waals surface area (Å²) >= 11 is 3.06. The highest BCUT2D eigenvalue weighted by Crippen LogP contribution is 2.35. The maximum atomic E-state index is 12.8. The molecule has 0 aliphatic carbocycles. The molecular weight excluding hydrogens is 392 g/mol. The maximum Gasteiger partial charge on any atom is 0.264 e. The Hall–Kier alpha value is -1.23. The molecule has 1 aliphatic rings. The fourth-order valence-corrected chi connectivity index (χ4v) is 6.26. The second kappa shape index (κ2) is 7.79. The van der Waals surface area contributed by atoms with Crippen molar-refractivity contribution in [3.63, 3.8) is 0 Å². The van der Waals surface area contributed by atoms with Crippen LogP contribution >= 0.6 is 22.7 Å². The highest BCUT2D eigenvalue weighted by Gasteiger charge is 2.26. The van der Waals surface area contributed by atoms with Gasteiger partial charge in [-0.25, -0.2) is 18.1 Å². The molecule has 0 atom stereocenters. The van der Waals surface area contributed by atoms with Crippen molar-refractivity contribution in [3.05, 3.63) is 10.9 Å². The second-order valence-corrected chi connectivity index (χ2v) is 10.2. The number of nitrogens with one attached hydrogen (secondary N) is 1. The molecule has 1 saturated heterocycles. The number of anilines is 1. The van der Waals surface area contributed by atoms with Crippen molar-refractivity contribution >= 4 is 53.3 Å². The standard InChI is InChI=1S/C16H24N4O3S3/c1-4-19(5-2)16-17-14-12(25-16)10-13(24-14)15(21)20-8-6-11(7-9-20)18-26(3,22)23/h10-11,18H,4-9H2,1-3H3. The first kappa shape index (κ1) is 19.5. The number of carbonyl (C=O) groups is 1. The van der Waals surface area contributed by atoms with Crippen LogP contribution in [0.25, 0.3) is 9.53 Å². The smallest absolute Gasteiger partial charge is 0.264 e. The third-order valence-corrected chi connectivity index (χ3v) is 7.46. The number of rotatable bonds is 6. The van der Waals surface area contributed by atoms with Crippen LogP contribution in [0, 0.1) is 0 Å². The molecule has 0 saturated carbocycles. The molecule has 2 aromatic rings. The first-order valence-electron chi connectivity index (χ1n) is 8.72. The summed E-state index contributed by atoms with van der Waals surface area (Å²) in [4.78, 5) is 23.1. The summed E-state index contributed by atoms with van der Waals surface area (Å²) in [6, 6.07) is 1.85. The van der Waals surface area contributed by atoms with Gasteiger partial charge in [-0.05, 0) is 32.8 Å². The summed E-state index contributed by atoms with van der Waals surface area (Å²) in [5.41, 5.74) is 0. The Balaban J connectivity index is 1.66. The number of sulfonamides is 1. The molecule has 0 aromatic carbocycles. The first-order chi connectivity index (χ1) is 12.3. The Labute approximate surface area is 162 Å². The predicted octanol–water partition coefficient (Wildman–Crippen LogP) is 2.36. The molecule has 3 heterocycles. The lowest BCUT2D eigenvalue weighted by Crippen LogP contribution is -2.46. The van der Waals surface area contributed by atoms with Gasteiger partial charge in [0.25, 0.3) is 5.91 Å². The lowest BCUT2D eigenvalue weighted by molar-refractivity contribution is 0.0716. The molecule has 144 valence electrons. The molecule has 7 nitrogen and oxygen atoms in total. The predicted molar refractivity (Wildman–Crippen MR) is 108 cm³/mol. The maximum absolute atomic E-state index is 12.8. The number of likely N-dealkylation sites (tertiary alicyclic amines) is 1. The van der Waals surface area contributed by atoms with Crippen molar-refractivity contribution in [1.29, 1.82) is 0 Å². The minimum atomic E-state index is -3.20. The number of nitrogens with zero attached hydrogens (tertiary/aromatic N) is 3. The quantitative estimate of drug-likeness (QED) is 0.782. The summed E-state index contributed by atoms with van der Waals surface area (Å²) in [5, 5.41) is 1.00. The van der Waals surface area contributed by atoms with Crippen molar-refractivity contribution < 1.29 is 13.2 Å². The van der Waals surface area contributed by atoms with Crippen molar-refractivity contribution in [1.82, 2.24) is 14.6 Å². The second-order valence-electron chi connectivity index (χ2n) is 6.41. The summed E-state index contributed by atoms with van der Waals surface area (Å²) in [5.74, 6) is 0.0161. The third-order valence-electron chi connectivity index (χ3n) is 4.49. The molecule has 0 radical (unpaired) electrons. The van der Waals surface area contributed by atoms with E-state index < -0.39 is 10.0 Å². The van der Waals surface area contributed by atoms with Gasteiger partial charge in [0.2, 0.25) is 10.0 Å². The van der Waals surface area contributed by atoms with Gasteiger partial charge in [0.15, 0.2) is 5.13 Å². The minimum Gasteiger partial charge on any atom is -0.349 e. The van der Waals surface area contributed by atoms with Crippen LogP contribution in [0.5, 0.6) is 0 Å². The van der Waals surface area contributed by atoms with E-state index in [-0.39, 0.29) is 11.9 Å². The molecule has 0 unspecified atom stereocenters. The fraction of sp³-hybridized carbons (Fsp3) is 0.625. The van der Waals surface area contributed by atoms with Gasteiger partial charge in [0.05, 0.1) is 15.8 Å². The van der Waals surface area contributed by atoms with Gasteiger partial charge in [0.1, 0.15) is 4.83 Å². The summed E-state index contributed by atoms with van der Waals surface area (Å²) in [7, 11) is -3.20. The van der Waals surface area contributed by atoms with Gasteiger partial charge < -0.3 is 9.80 Å². The number of amides is 1. The molecule has 0 bridgehead atoms. The molecule has 2 aromatic heterocycles. The Morgan fingerprint density at radius 3 is 2.50 bits per heavy atom. The van der Waals surface area contributed by atoms with Crippen LogP contribution in [-0.4, -0.2) is 62.7 Å². The van der Waals surface area contributed by atoms with E-state index in [2.05, 4.69) is 28.5 Å². The number of hydrogen-bond donors (Lipinski definition) is 1. The van der Waals surface area contributed by atoms with Crippen molar-refractivity contribution in [3.8, 4) is 0 Å². The molecule has 0 spiro atoms. The number of thiazole rings is 1. The highest BCUT2D eigenvalue weighted by molar-refractivity contribution is 7.88. The zero-order valence-electron chi connectivity index (χ0n) is 15.2. The zero-order valence-corrected chi connectivity index (χ0v) is 17.6. The first-order valence-corrected chi connectivity index (χ1v) is 12.2. The average molecular weight is 417 g/mol. The van der Waals surface area contributed by atoms with Crippen LogP contribution in [0.1, 0.15) is 36.4 Å². The van der Waals surface area contributed by atoms with Gasteiger partial charge in [-0.2, -0.15) is 0 Å². The van der Waals surface area contributed by atoms with Crippen LogP contribution in [0.3, 0.4) is 0 Å². The Bertz CT molecular complexity index is 846. The number of aromatic nitrogens is 1. The molecule has 1 aliphatic heterocycles. The molecule has 1 fully saturated rings. The number of carbonyl (C=O) groups excluding carboxylic acids is 1. The normalized spacial score (nSPS) is 16.3. The number of piperidine rings is 1. The summed E-state index contributed by atoms with van der Waals surface area (Å²) in [6.45, 7) is 7.18. The monoisotopic (exact) mass is 416 g/mol. The van der Waals surface area contributed by atoms with E-state index in [9.17, 15) is 13.2 Å². The number of thiophene rings is 1. The van der Waals surface area contributed by atoms with Crippen LogP contribution in [-0.2, 0) is 10.0 Å². The van der Waals surface area contributed by atoms with Crippen molar-refractivity contribution in [2.75, 3.05) is 37.3 Å². The molecule has 1 N–H and O–H groups in total. The third kappa shape index (κ3) is 4.36. The van der Waals surface area contributed by atoms with Gasteiger partial charge >= 0.3 is 0 Å². The van der Waals surface area contributed by atoms with Gasteiger partial charge in [-0.1, -0.05) is 11.3 Å². The highest BCUT2D eigenvalue weighted by atomic mass is 32.2. The largest absolute Gasteiger partial charge is 0.349 e. The van der Waals surface area contributed by atoms with E-state index in [1.54, 1.807) is 16.2 Å². The molecular formula is C16H24N4O3S3. The minimum absolute atomic E-state index is 0.0161. The van der Waals surface area contributed by atoms with E-state index in [1.165, 1.54) is 17.6 Å². The Kier molecular flexibility index (Phi) is 5.85. The summed E-state index contributed by atoms with van der Waals surface area (Å²) < 4.78 is 26.3. The molecule has 1 amide bonds. The number of fused-ring (bicyclic) bond motifs is 1. The van der Waals surface area contributed by atoms with E-state index in [1.807, 2.05) is 6.07 Å². The molecule has 3 rings (SSSR count). The van der Waals surface area contributed by atoms with Gasteiger partial charge in [-0.3, -0.25) is 4.79 Å². The van der Waals surface area contributed by atoms with Crippen LogP contribution < -0.4 is 9.62 Å². The zero-order chi connectivity index (χ0) is 18.9. The van der Waals surface area contributed by atoms with E-state index in [0.717, 1.165) is 27.8 Å². The van der Waals surface area contributed by atoms with Gasteiger partial charge in [-0.15, -0.1) is 11.3 Å². The van der Waals surface area contributed by atoms with E-state index >= 15 is 0 Å². The van der Waals surface area contributed by atoms with E-state index in [4.69, 9.17) is 0 Å². The lowest BCUT2D eigenvalue weighted by atomic mass is 10.1. The Morgan fingerprint density at radius 2 is 1.96 bits per heavy atom. The number of hydrogen-bond acceptors (Lipinski definition) is 7. The van der Waals surface area contributed by atoms with Crippen LogP contribution in [0.4, 0.5) is 5.13 Å². The van der Waals surface area contributed by atoms with Crippen LogP contribution in [0.2, 0.25) is 0 Å². The average Bonchev–Trinajstić information content (AvgIpc) is 3.13. The fourth-order valence-electron chi connectivity index (χ4n) is 3.12. The lowest BCUT2D eigenvalue weighted by Gasteiger charge is -2.31. The van der Waals surface area contributed by atoms with Gasteiger partial charge in [0, 0.05) is 32.2 Å². The Morgan fingerprint density at radius 1 is 1.31 bits per heavy atom. The molecule has 10 heteroatoms.